The highest BCUT2D eigenvalue weighted by Gasteiger charge is 2.10. The topological polar surface area (TPSA) is 148 Å². The van der Waals surface area contributed by atoms with Gasteiger partial charge in [-0.05, 0) is 5.56 Å². The molecule has 0 radical (unpaired) electrons. The molecule has 0 amide bonds. The van der Waals surface area contributed by atoms with Crippen LogP contribution >= 0.6 is 8.03 Å². The van der Waals surface area contributed by atoms with Gasteiger partial charge < -0.3 is 25.7 Å². The molecule has 0 saturated heterocycles. The van der Waals surface area contributed by atoms with E-state index in [0.717, 1.165) is 4.90 Å². The van der Waals surface area contributed by atoms with Gasteiger partial charge in [-0.2, -0.15) is 0 Å². The quantitative estimate of drug-likeness (QED) is 0.299. The van der Waals surface area contributed by atoms with Crippen LogP contribution in [0.4, 0.5) is 0 Å². The maximum absolute atomic E-state index is 10.4. The number of guanidine groups is 1. The number of hydrogen-bond donors (Lipinski definition) is 5. The molecule has 6 N–H and O–H groups in total. The number of carboxylic acids is 1. The molecule has 0 heterocycles. The Hall–Kier alpha value is -1.89. The molecule has 0 bridgehead atoms. The number of hydrogen-bond acceptors (Lipinski definition) is 4. The van der Waals surface area contributed by atoms with Gasteiger partial charge in [0.25, 0.3) is 0 Å². The molecule has 0 aliphatic heterocycles. The molecule has 0 spiro atoms. The highest BCUT2D eigenvalue weighted by molar-refractivity contribution is 7.38. The van der Waals surface area contributed by atoms with Gasteiger partial charge in [0.15, 0.2) is 11.8 Å². The molecule has 0 aromatic heterocycles. The van der Waals surface area contributed by atoms with Crippen molar-refractivity contribution in [2.75, 3.05) is 13.6 Å². The molecule has 0 aliphatic carbocycles. The minimum absolute atomic E-state index is 0.227. The molecule has 0 fully saturated rings. The summed E-state index contributed by atoms with van der Waals surface area (Å²) >= 11 is 0. The first-order valence-electron chi connectivity index (χ1n) is 5.48. The Kier molecular flexibility index (Phi) is 8.23. The fourth-order valence-corrected chi connectivity index (χ4v) is 1.54. The molecule has 2 atom stereocenters. The second kappa shape index (κ2) is 9.08. The third kappa shape index (κ3) is 7.52. The zero-order chi connectivity index (χ0) is 15.7. The van der Waals surface area contributed by atoms with Gasteiger partial charge in [0.2, 0.25) is 8.03 Å². The van der Waals surface area contributed by atoms with E-state index in [0.29, 0.717) is 5.56 Å². The van der Waals surface area contributed by atoms with E-state index in [4.69, 9.17) is 26.2 Å². The van der Waals surface area contributed by atoms with Crippen molar-refractivity contribution in [1.82, 2.24) is 4.90 Å². The molecule has 20 heavy (non-hydrogen) atoms. The summed E-state index contributed by atoms with van der Waals surface area (Å²) in [5.74, 6) is -2.45. The van der Waals surface area contributed by atoms with Crippen molar-refractivity contribution in [3.05, 3.63) is 35.9 Å². The van der Waals surface area contributed by atoms with Gasteiger partial charge >= 0.3 is 5.97 Å². The van der Waals surface area contributed by atoms with Crippen molar-refractivity contribution in [2.24, 2.45) is 5.73 Å². The number of aliphatic hydroxyl groups is 1. The number of nitrogens with one attached hydrogen (secondary N) is 1. The summed E-state index contributed by atoms with van der Waals surface area (Å²) < 4.78 is 10.4. The molecule has 112 valence electrons. The average molecular weight is 303 g/mol. The Balaban J connectivity index is 0.000000370. The average Bonchev–Trinajstić information content (AvgIpc) is 2.38. The van der Waals surface area contributed by atoms with E-state index < -0.39 is 19.8 Å². The van der Waals surface area contributed by atoms with E-state index >= 15 is 0 Å². The molecule has 9 heteroatoms. The van der Waals surface area contributed by atoms with Crippen molar-refractivity contribution in [2.45, 2.75) is 5.85 Å². The zero-order valence-electron chi connectivity index (χ0n) is 10.9. The first-order valence-corrected chi connectivity index (χ1v) is 6.91. The van der Waals surface area contributed by atoms with Gasteiger partial charge in [-0.25, -0.2) is 0 Å². The molecular weight excluding hydrogens is 285 g/mol. The lowest BCUT2D eigenvalue weighted by Crippen LogP contribution is -2.36. The summed E-state index contributed by atoms with van der Waals surface area (Å²) in [6.45, 7) is -0.227. The first kappa shape index (κ1) is 18.1. The number of rotatable bonds is 4. The summed E-state index contributed by atoms with van der Waals surface area (Å²) in [6.07, 6.45) is 0. The number of nitrogens with two attached hydrogens (primary N) is 1. The van der Waals surface area contributed by atoms with Crippen LogP contribution in [0.1, 0.15) is 11.4 Å². The standard InChI is InChI=1S/C7H9O3P.C4H9N3O2/c8-7(11(9)10)6-4-2-1-3-5-6;1-7(4(5)6)2-3(8)9/h1-5,7-8,11H,(H,9,10);2H2,1H3,(H3,5,6)(H,8,9). The van der Waals surface area contributed by atoms with Gasteiger partial charge in [-0.15, -0.1) is 0 Å². The number of aliphatic hydroxyl groups excluding tert-OH is 1. The van der Waals surface area contributed by atoms with E-state index in [1.807, 2.05) is 0 Å². The maximum atomic E-state index is 10.4. The van der Waals surface area contributed by atoms with Gasteiger partial charge in [0.05, 0.1) is 0 Å². The number of carboxylic acid groups (broad SMARTS) is 1. The predicted octanol–water partition coefficient (Wildman–Crippen LogP) is 0.0408. The fraction of sp³-hybridized carbons (Fsp3) is 0.273. The van der Waals surface area contributed by atoms with E-state index in [1.165, 1.54) is 7.05 Å². The summed E-state index contributed by atoms with van der Waals surface area (Å²) in [7, 11) is -1.42. The van der Waals surface area contributed by atoms with E-state index in [9.17, 15) is 9.36 Å². The molecule has 1 aromatic carbocycles. The monoisotopic (exact) mass is 303 g/mol. The van der Waals surface area contributed by atoms with E-state index in [2.05, 4.69) is 0 Å². The second-order valence-electron chi connectivity index (χ2n) is 3.79. The summed E-state index contributed by atoms with van der Waals surface area (Å²) in [4.78, 5) is 19.6. The van der Waals surface area contributed by atoms with Crippen LogP contribution in [0.3, 0.4) is 0 Å². The minimum atomic E-state index is -2.86. The normalized spacial score (nSPS) is 12.6. The Labute approximate surface area is 116 Å². The Morgan fingerprint density at radius 3 is 2.25 bits per heavy atom. The largest absolute Gasteiger partial charge is 0.480 e. The van der Waals surface area contributed by atoms with Gasteiger partial charge in [0, 0.05) is 7.05 Å². The molecule has 1 aromatic rings. The molecule has 8 nitrogen and oxygen atoms in total. The number of nitrogens with zero attached hydrogens (tertiary/aromatic N) is 1. The lowest BCUT2D eigenvalue weighted by molar-refractivity contribution is -0.137. The Morgan fingerprint density at radius 1 is 1.45 bits per heavy atom. The highest BCUT2D eigenvalue weighted by atomic mass is 31.1. The smallest absolute Gasteiger partial charge is 0.323 e. The predicted molar refractivity (Wildman–Crippen MR) is 74.8 cm³/mol. The van der Waals surface area contributed by atoms with Gasteiger partial charge in [0.1, 0.15) is 6.54 Å². The fourth-order valence-electron chi connectivity index (χ4n) is 1.07. The lowest BCUT2D eigenvalue weighted by atomic mass is 10.2. The van der Waals surface area contributed by atoms with Crippen LogP contribution in [0.5, 0.6) is 0 Å². The van der Waals surface area contributed by atoms with Crippen molar-refractivity contribution in [1.29, 1.82) is 5.41 Å². The zero-order valence-corrected chi connectivity index (χ0v) is 11.9. The maximum Gasteiger partial charge on any atom is 0.323 e. The van der Waals surface area contributed by atoms with Crippen molar-refractivity contribution in [3.8, 4) is 0 Å². The SMILES string of the molecule is CN(CC(=O)O)C(=N)N.O=[PH](O)C(O)c1ccccc1. The highest BCUT2D eigenvalue weighted by Crippen LogP contribution is 2.34. The summed E-state index contributed by atoms with van der Waals surface area (Å²) in [5.41, 5.74) is 5.42. The van der Waals surface area contributed by atoms with Crippen LogP contribution in [-0.2, 0) is 9.36 Å². The van der Waals surface area contributed by atoms with Crippen molar-refractivity contribution < 1.29 is 24.5 Å². The molecule has 0 saturated carbocycles. The molecule has 2 unspecified atom stereocenters. The molecule has 0 aliphatic rings. The van der Waals surface area contributed by atoms with Crippen LogP contribution in [0, 0.1) is 5.41 Å². The number of benzene rings is 1. The lowest BCUT2D eigenvalue weighted by Gasteiger charge is -2.12. The molecular formula is C11H18N3O5P. The minimum Gasteiger partial charge on any atom is -0.480 e. The van der Waals surface area contributed by atoms with Crippen LogP contribution in [0.2, 0.25) is 0 Å². The molecule has 1 rings (SSSR count). The number of aliphatic carboxylic acids is 1. The second-order valence-corrected chi connectivity index (χ2v) is 5.01. The first-order chi connectivity index (χ1) is 9.25. The van der Waals surface area contributed by atoms with Gasteiger partial charge in [-0.3, -0.25) is 14.8 Å². The van der Waals surface area contributed by atoms with Crippen LogP contribution in [0.25, 0.3) is 0 Å². The third-order valence-corrected chi connectivity index (χ3v) is 2.93. The van der Waals surface area contributed by atoms with Crippen molar-refractivity contribution >= 4 is 20.0 Å². The Morgan fingerprint density at radius 2 is 1.95 bits per heavy atom. The number of likely N-dealkylation sites (N-methyl/N-ethyl adjacent to an activating group) is 1. The van der Waals surface area contributed by atoms with Crippen molar-refractivity contribution in [3.63, 3.8) is 0 Å². The third-order valence-electron chi connectivity index (χ3n) is 2.13. The van der Waals surface area contributed by atoms with E-state index in [1.54, 1.807) is 30.3 Å². The summed E-state index contributed by atoms with van der Waals surface area (Å²) in [5, 5.41) is 24.0. The van der Waals surface area contributed by atoms with Crippen LogP contribution < -0.4 is 5.73 Å². The van der Waals surface area contributed by atoms with Crippen LogP contribution in [-0.4, -0.2) is 45.5 Å². The van der Waals surface area contributed by atoms with E-state index in [-0.39, 0.29) is 12.5 Å². The Bertz CT molecular complexity index is 468. The van der Waals surface area contributed by atoms with Crippen LogP contribution in [0.15, 0.2) is 30.3 Å². The van der Waals surface area contributed by atoms with Gasteiger partial charge in [-0.1, -0.05) is 30.3 Å². The number of carbonyl (C=O) groups is 1. The summed E-state index contributed by atoms with van der Waals surface area (Å²) in [6, 6.07) is 8.43.